The number of ether oxygens (including phenoxy) is 2. The van der Waals surface area contributed by atoms with Gasteiger partial charge in [-0.1, -0.05) is 0 Å². The van der Waals surface area contributed by atoms with Crippen molar-refractivity contribution in [2.75, 3.05) is 34.4 Å². The molecule has 1 rings (SSSR count). The Hall–Kier alpha value is -1.66. The Kier molecular flexibility index (Phi) is 5.72. The third kappa shape index (κ3) is 4.18. The minimum absolute atomic E-state index is 0.107. The lowest BCUT2D eigenvalue weighted by Gasteiger charge is -2.21. The van der Waals surface area contributed by atoms with Crippen molar-refractivity contribution in [1.82, 2.24) is 4.90 Å². The predicted octanol–water partition coefficient (Wildman–Crippen LogP) is 0.880. The molecule has 19 heavy (non-hydrogen) atoms. The van der Waals surface area contributed by atoms with Crippen molar-refractivity contribution in [2.24, 2.45) is 5.73 Å². The molecule has 0 spiro atoms. The molecule has 0 aromatic heterocycles. The van der Waals surface area contributed by atoms with Crippen molar-refractivity contribution in [3.05, 3.63) is 29.6 Å². The smallest absolute Gasteiger partial charge is 0.253 e. The molecule has 1 aromatic carbocycles. The summed E-state index contributed by atoms with van der Waals surface area (Å²) in [4.78, 5) is 13.5. The van der Waals surface area contributed by atoms with Crippen LogP contribution in [-0.2, 0) is 4.74 Å². The monoisotopic (exact) mass is 270 g/mol. The summed E-state index contributed by atoms with van der Waals surface area (Å²) in [6.07, 6.45) is 0. The molecule has 6 heteroatoms. The third-order valence-corrected chi connectivity index (χ3v) is 2.63. The maximum Gasteiger partial charge on any atom is 0.253 e. The maximum absolute atomic E-state index is 13.5. The zero-order chi connectivity index (χ0) is 14.4. The van der Waals surface area contributed by atoms with E-state index in [-0.39, 0.29) is 23.3 Å². The first-order chi connectivity index (χ1) is 8.99. The number of rotatable bonds is 6. The van der Waals surface area contributed by atoms with Gasteiger partial charge in [0, 0.05) is 32.3 Å². The molecule has 0 aliphatic rings. The van der Waals surface area contributed by atoms with Gasteiger partial charge in [-0.3, -0.25) is 4.79 Å². The number of likely N-dealkylation sites (N-methyl/N-ethyl adjacent to an activating group) is 1. The average molecular weight is 270 g/mol. The summed E-state index contributed by atoms with van der Waals surface area (Å²) in [6.45, 7) is 0.689. The number of carbonyl (C=O) groups is 1. The lowest BCUT2D eigenvalue weighted by molar-refractivity contribution is 0.0764. The topological polar surface area (TPSA) is 64.8 Å². The van der Waals surface area contributed by atoms with Gasteiger partial charge in [0.2, 0.25) is 0 Å². The summed E-state index contributed by atoms with van der Waals surface area (Å²) in [5, 5.41) is 0. The maximum atomic E-state index is 13.5. The van der Waals surface area contributed by atoms with Crippen molar-refractivity contribution >= 4 is 5.91 Å². The highest BCUT2D eigenvalue weighted by Crippen LogP contribution is 2.18. The predicted molar refractivity (Wildman–Crippen MR) is 69.8 cm³/mol. The second kappa shape index (κ2) is 7.06. The standard InChI is InChI=1S/C13H19FN2O3/c1-16(7-10(15)8-18-2)13(17)9-4-5-12(19-3)11(14)6-9/h4-6,10H,7-8,15H2,1-3H3. The fourth-order valence-corrected chi connectivity index (χ4v) is 1.72. The van der Waals surface area contributed by atoms with Crippen molar-refractivity contribution in [3.63, 3.8) is 0 Å². The Morgan fingerprint density at radius 1 is 1.47 bits per heavy atom. The molecule has 0 aliphatic carbocycles. The van der Waals surface area contributed by atoms with E-state index in [1.165, 1.54) is 24.1 Å². The van der Waals surface area contributed by atoms with Gasteiger partial charge in [-0.05, 0) is 18.2 Å². The van der Waals surface area contributed by atoms with Crippen LogP contribution in [0.4, 0.5) is 4.39 Å². The number of carbonyl (C=O) groups excluding carboxylic acids is 1. The summed E-state index contributed by atoms with van der Waals surface area (Å²) >= 11 is 0. The van der Waals surface area contributed by atoms with E-state index in [1.807, 2.05) is 0 Å². The first kappa shape index (κ1) is 15.4. The molecule has 5 nitrogen and oxygen atoms in total. The summed E-state index contributed by atoms with van der Waals surface area (Å²) in [5.41, 5.74) is 6.02. The lowest BCUT2D eigenvalue weighted by atomic mass is 10.1. The quantitative estimate of drug-likeness (QED) is 0.833. The minimum atomic E-state index is -0.567. The average Bonchev–Trinajstić information content (AvgIpc) is 2.37. The number of amides is 1. The summed E-state index contributed by atoms with van der Waals surface area (Å²) in [7, 11) is 4.52. The van der Waals surface area contributed by atoms with Crippen molar-refractivity contribution in [3.8, 4) is 5.75 Å². The lowest BCUT2D eigenvalue weighted by Crippen LogP contribution is -2.41. The molecule has 0 radical (unpaired) electrons. The van der Waals surface area contributed by atoms with Gasteiger partial charge in [0.15, 0.2) is 11.6 Å². The molecule has 0 fully saturated rings. The Bertz CT molecular complexity index is 440. The van der Waals surface area contributed by atoms with E-state index in [0.717, 1.165) is 6.07 Å². The van der Waals surface area contributed by atoms with Gasteiger partial charge >= 0.3 is 0 Å². The van der Waals surface area contributed by atoms with Gasteiger partial charge in [-0.15, -0.1) is 0 Å². The van der Waals surface area contributed by atoms with Crippen LogP contribution in [0.5, 0.6) is 5.75 Å². The van der Waals surface area contributed by atoms with Crippen LogP contribution >= 0.6 is 0 Å². The number of halogens is 1. The highest BCUT2D eigenvalue weighted by atomic mass is 19.1. The Morgan fingerprint density at radius 3 is 2.68 bits per heavy atom. The van der Waals surface area contributed by atoms with Gasteiger partial charge in [0.1, 0.15) is 0 Å². The summed E-state index contributed by atoms with van der Waals surface area (Å²) < 4.78 is 23.2. The van der Waals surface area contributed by atoms with Crippen molar-refractivity contribution in [1.29, 1.82) is 0 Å². The number of hydrogen-bond donors (Lipinski definition) is 1. The molecular weight excluding hydrogens is 251 g/mol. The molecular formula is C13H19FN2O3. The fourth-order valence-electron chi connectivity index (χ4n) is 1.72. The Balaban J connectivity index is 2.74. The van der Waals surface area contributed by atoms with E-state index in [1.54, 1.807) is 14.2 Å². The molecule has 0 heterocycles. The fraction of sp³-hybridized carbons (Fsp3) is 0.462. The highest BCUT2D eigenvalue weighted by Gasteiger charge is 2.16. The zero-order valence-electron chi connectivity index (χ0n) is 11.4. The normalized spacial score (nSPS) is 12.1. The van der Waals surface area contributed by atoms with E-state index in [4.69, 9.17) is 15.2 Å². The first-order valence-corrected chi connectivity index (χ1v) is 5.83. The van der Waals surface area contributed by atoms with E-state index >= 15 is 0 Å². The van der Waals surface area contributed by atoms with Gasteiger partial charge in [-0.2, -0.15) is 0 Å². The van der Waals surface area contributed by atoms with Gasteiger partial charge in [0.25, 0.3) is 5.91 Å². The van der Waals surface area contributed by atoms with Crippen LogP contribution in [0, 0.1) is 5.82 Å². The number of hydrogen-bond acceptors (Lipinski definition) is 4. The molecule has 1 atom stereocenters. The molecule has 1 aromatic rings. The Morgan fingerprint density at radius 2 is 2.16 bits per heavy atom. The van der Waals surface area contributed by atoms with Crippen LogP contribution in [-0.4, -0.2) is 51.3 Å². The second-order valence-electron chi connectivity index (χ2n) is 4.25. The summed E-state index contributed by atoms with van der Waals surface area (Å²) in [6, 6.07) is 3.81. The molecule has 0 bridgehead atoms. The minimum Gasteiger partial charge on any atom is -0.494 e. The van der Waals surface area contributed by atoms with E-state index in [0.29, 0.717) is 13.2 Å². The molecule has 1 unspecified atom stereocenters. The molecule has 1 amide bonds. The molecule has 0 saturated carbocycles. The van der Waals surface area contributed by atoms with Crippen LogP contribution in [0.3, 0.4) is 0 Å². The van der Waals surface area contributed by atoms with Crippen LogP contribution < -0.4 is 10.5 Å². The highest BCUT2D eigenvalue weighted by molar-refractivity contribution is 5.94. The molecule has 0 saturated heterocycles. The molecule has 2 N–H and O–H groups in total. The third-order valence-electron chi connectivity index (χ3n) is 2.63. The SMILES string of the molecule is COCC(N)CN(C)C(=O)c1ccc(OC)c(F)c1. The molecule has 106 valence electrons. The van der Waals surface area contributed by atoms with Crippen molar-refractivity contribution in [2.45, 2.75) is 6.04 Å². The Labute approximate surface area is 112 Å². The van der Waals surface area contributed by atoms with E-state index in [9.17, 15) is 9.18 Å². The number of benzene rings is 1. The molecule has 0 aliphatic heterocycles. The van der Waals surface area contributed by atoms with E-state index in [2.05, 4.69) is 0 Å². The van der Waals surface area contributed by atoms with Gasteiger partial charge < -0.3 is 20.1 Å². The summed E-state index contributed by atoms with van der Waals surface area (Å²) in [5.74, 6) is -0.758. The number of nitrogens with two attached hydrogens (primary N) is 1. The van der Waals surface area contributed by atoms with Gasteiger partial charge in [0.05, 0.1) is 13.7 Å². The largest absolute Gasteiger partial charge is 0.494 e. The number of nitrogens with zero attached hydrogens (tertiary/aromatic N) is 1. The van der Waals surface area contributed by atoms with E-state index < -0.39 is 5.82 Å². The van der Waals surface area contributed by atoms with Crippen LogP contribution in [0.2, 0.25) is 0 Å². The zero-order valence-corrected chi connectivity index (χ0v) is 11.4. The first-order valence-electron chi connectivity index (χ1n) is 5.83. The van der Waals surface area contributed by atoms with Crippen LogP contribution in [0.25, 0.3) is 0 Å². The number of methoxy groups -OCH3 is 2. The van der Waals surface area contributed by atoms with Gasteiger partial charge in [-0.25, -0.2) is 4.39 Å². The van der Waals surface area contributed by atoms with Crippen LogP contribution in [0.1, 0.15) is 10.4 Å². The van der Waals surface area contributed by atoms with Crippen molar-refractivity contribution < 1.29 is 18.7 Å². The second-order valence-corrected chi connectivity index (χ2v) is 4.25. The van der Waals surface area contributed by atoms with Crippen LogP contribution in [0.15, 0.2) is 18.2 Å².